The zero-order chi connectivity index (χ0) is 12.4. The van der Waals surface area contributed by atoms with Crippen molar-refractivity contribution in [3.05, 3.63) is 22.4 Å². The highest BCUT2D eigenvalue weighted by Crippen LogP contribution is 2.34. The zero-order valence-corrected chi connectivity index (χ0v) is 9.80. The molecule has 1 aromatic heterocycles. The van der Waals surface area contributed by atoms with Gasteiger partial charge in [-0.25, -0.2) is 4.98 Å². The highest BCUT2D eigenvalue weighted by Gasteiger charge is 2.26. The van der Waals surface area contributed by atoms with Crippen molar-refractivity contribution in [2.45, 2.75) is 19.8 Å². The largest absolute Gasteiger partial charge is 0.378 e. The first-order valence-corrected chi connectivity index (χ1v) is 5.73. The molecule has 92 valence electrons. The number of nitrogens with zero attached hydrogens (tertiary/aromatic N) is 3. The SMILES string of the molecule is C[C@@H]1CCCN(c2ccnc(N)c2[N+](=O)[O-])C1. The fraction of sp³-hybridized carbons (Fsp3) is 0.545. The monoisotopic (exact) mass is 236 g/mol. The minimum atomic E-state index is -0.447. The molecule has 1 aliphatic rings. The van der Waals surface area contributed by atoms with Crippen LogP contribution < -0.4 is 10.6 Å². The van der Waals surface area contributed by atoms with Gasteiger partial charge < -0.3 is 10.6 Å². The molecule has 2 N–H and O–H groups in total. The molecule has 1 aliphatic heterocycles. The van der Waals surface area contributed by atoms with Gasteiger partial charge in [0.05, 0.1) is 4.92 Å². The third-order valence-electron chi connectivity index (χ3n) is 3.11. The molecule has 0 unspecified atom stereocenters. The number of piperidine rings is 1. The fourth-order valence-corrected chi connectivity index (χ4v) is 2.31. The lowest BCUT2D eigenvalue weighted by molar-refractivity contribution is -0.383. The molecule has 2 rings (SSSR count). The predicted octanol–water partition coefficient (Wildman–Crippen LogP) is 1.81. The average molecular weight is 236 g/mol. The van der Waals surface area contributed by atoms with Crippen LogP contribution in [0.2, 0.25) is 0 Å². The van der Waals surface area contributed by atoms with E-state index in [4.69, 9.17) is 5.73 Å². The lowest BCUT2D eigenvalue weighted by atomic mass is 10.00. The maximum Gasteiger partial charge on any atom is 0.334 e. The molecule has 1 fully saturated rings. The van der Waals surface area contributed by atoms with Crippen LogP contribution in [-0.4, -0.2) is 23.0 Å². The van der Waals surface area contributed by atoms with Crippen LogP contribution >= 0.6 is 0 Å². The lowest BCUT2D eigenvalue weighted by Gasteiger charge is -2.32. The molecular formula is C11H16N4O2. The summed E-state index contributed by atoms with van der Waals surface area (Å²) in [5, 5.41) is 11.0. The zero-order valence-electron chi connectivity index (χ0n) is 9.80. The quantitative estimate of drug-likeness (QED) is 0.625. The molecule has 0 aromatic carbocycles. The van der Waals surface area contributed by atoms with Crippen molar-refractivity contribution in [1.29, 1.82) is 0 Å². The Hall–Kier alpha value is -1.85. The summed E-state index contributed by atoms with van der Waals surface area (Å²) in [6.07, 6.45) is 3.75. The van der Waals surface area contributed by atoms with Crippen LogP contribution in [0.25, 0.3) is 0 Å². The Morgan fingerprint density at radius 2 is 2.41 bits per heavy atom. The predicted molar refractivity (Wildman–Crippen MR) is 65.9 cm³/mol. The highest BCUT2D eigenvalue weighted by atomic mass is 16.6. The molecule has 0 bridgehead atoms. The first-order valence-electron chi connectivity index (χ1n) is 5.73. The summed E-state index contributed by atoms with van der Waals surface area (Å²) in [7, 11) is 0. The number of anilines is 2. The molecule has 17 heavy (non-hydrogen) atoms. The van der Waals surface area contributed by atoms with Gasteiger partial charge in [-0.1, -0.05) is 6.92 Å². The molecule has 0 amide bonds. The summed E-state index contributed by atoms with van der Waals surface area (Å²) in [6.45, 7) is 3.83. The maximum atomic E-state index is 11.0. The van der Waals surface area contributed by atoms with E-state index in [2.05, 4.69) is 11.9 Å². The average Bonchev–Trinajstić information content (AvgIpc) is 2.28. The summed E-state index contributed by atoms with van der Waals surface area (Å²) in [5.74, 6) is 0.545. The number of rotatable bonds is 2. The topological polar surface area (TPSA) is 85.3 Å². The van der Waals surface area contributed by atoms with Crippen molar-refractivity contribution in [3.63, 3.8) is 0 Å². The van der Waals surface area contributed by atoms with Gasteiger partial charge in [-0.3, -0.25) is 10.1 Å². The van der Waals surface area contributed by atoms with Gasteiger partial charge in [0, 0.05) is 19.3 Å². The molecular weight excluding hydrogens is 220 g/mol. The number of pyridine rings is 1. The maximum absolute atomic E-state index is 11.0. The summed E-state index contributed by atoms with van der Waals surface area (Å²) in [5.41, 5.74) is 6.11. The minimum absolute atomic E-state index is 0.00859. The smallest absolute Gasteiger partial charge is 0.334 e. The van der Waals surface area contributed by atoms with E-state index < -0.39 is 4.92 Å². The number of nitrogen functional groups attached to an aromatic ring is 1. The van der Waals surface area contributed by atoms with Gasteiger partial charge in [0.15, 0.2) is 0 Å². The van der Waals surface area contributed by atoms with E-state index in [-0.39, 0.29) is 11.5 Å². The number of nitro groups is 1. The van der Waals surface area contributed by atoms with Crippen molar-refractivity contribution in [1.82, 2.24) is 4.98 Å². The highest BCUT2D eigenvalue weighted by molar-refractivity contribution is 5.72. The van der Waals surface area contributed by atoms with E-state index in [1.54, 1.807) is 6.07 Å². The molecule has 0 aliphatic carbocycles. The summed E-state index contributed by atoms with van der Waals surface area (Å²) >= 11 is 0. The molecule has 1 saturated heterocycles. The van der Waals surface area contributed by atoms with Crippen LogP contribution in [0.15, 0.2) is 12.3 Å². The minimum Gasteiger partial charge on any atom is -0.378 e. The second-order valence-corrected chi connectivity index (χ2v) is 4.51. The first kappa shape index (κ1) is 11.6. The van der Waals surface area contributed by atoms with Gasteiger partial charge in [0.1, 0.15) is 5.69 Å². The molecule has 1 aromatic rings. The Balaban J connectivity index is 2.37. The van der Waals surface area contributed by atoms with E-state index in [0.29, 0.717) is 11.6 Å². The standard InChI is InChI=1S/C11H16N4O2/c1-8-3-2-6-14(7-8)9-4-5-13-11(12)10(9)15(16)17/h4-5,8H,2-3,6-7H2,1H3,(H2,12,13)/t8-/m1/s1. The fourth-order valence-electron chi connectivity index (χ4n) is 2.31. The normalized spacial score (nSPS) is 20.3. The Bertz CT molecular complexity index is 435. The summed E-state index contributed by atoms with van der Waals surface area (Å²) < 4.78 is 0. The Morgan fingerprint density at radius 3 is 3.06 bits per heavy atom. The molecule has 2 heterocycles. The molecule has 0 spiro atoms. The van der Waals surface area contributed by atoms with Crippen LogP contribution in [0.4, 0.5) is 17.2 Å². The molecule has 0 radical (unpaired) electrons. The van der Waals surface area contributed by atoms with Gasteiger partial charge >= 0.3 is 5.69 Å². The van der Waals surface area contributed by atoms with Gasteiger partial charge in [-0.05, 0) is 24.8 Å². The van der Waals surface area contributed by atoms with Crippen molar-refractivity contribution < 1.29 is 4.92 Å². The van der Waals surface area contributed by atoms with E-state index >= 15 is 0 Å². The van der Waals surface area contributed by atoms with Crippen LogP contribution in [-0.2, 0) is 0 Å². The first-order chi connectivity index (χ1) is 8.09. The number of aromatic nitrogens is 1. The van der Waals surface area contributed by atoms with Gasteiger partial charge in [0.2, 0.25) is 5.82 Å². The summed E-state index contributed by atoms with van der Waals surface area (Å²) in [4.78, 5) is 16.4. The van der Waals surface area contributed by atoms with Crippen LogP contribution in [0.1, 0.15) is 19.8 Å². The van der Waals surface area contributed by atoms with Gasteiger partial charge in [0.25, 0.3) is 0 Å². The molecule has 6 heteroatoms. The van der Waals surface area contributed by atoms with E-state index in [1.807, 2.05) is 4.90 Å². The van der Waals surface area contributed by atoms with Crippen LogP contribution in [0.5, 0.6) is 0 Å². The number of hydrogen-bond acceptors (Lipinski definition) is 5. The van der Waals surface area contributed by atoms with Crippen molar-refractivity contribution in [2.24, 2.45) is 5.92 Å². The lowest BCUT2D eigenvalue weighted by Crippen LogP contribution is -2.34. The van der Waals surface area contributed by atoms with Gasteiger partial charge in [-0.2, -0.15) is 0 Å². The third kappa shape index (κ3) is 2.30. The summed E-state index contributed by atoms with van der Waals surface area (Å²) in [6, 6.07) is 1.67. The van der Waals surface area contributed by atoms with E-state index in [1.165, 1.54) is 12.6 Å². The number of hydrogen-bond donors (Lipinski definition) is 1. The van der Waals surface area contributed by atoms with Crippen LogP contribution in [0.3, 0.4) is 0 Å². The Morgan fingerprint density at radius 1 is 1.65 bits per heavy atom. The third-order valence-corrected chi connectivity index (χ3v) is 3.11. The van der Waals surface area contributed by atoms with E-state index in [0.717, 1.165) is 19.5 Å². The number of nitrogens with two attached hydrogens (primary N) is 1. The van der Waals surface area contributed by atoms with Crippen molar-refractivity contribution in [3.8, 4) is 0 Å². The molecule has 6 nitrogen and oxygen atoms in total. The second kappa shape index (κ2) is 4.57. The Labute approximate surface area is 99.6 Å². The van der Waals surface area contributed by atoms with Crippen molar-refractivity contribution in [2.75, 3.05) is 23.7 Å². The van der Waals surface area contributed by atoms with Gasteiger partial charge in [-0.15, -0.1) is 0 Å². The van der Waals surface area contributed by atoms with Crippen LogP contribution in [0, 0.1) is 16.0 Å². The second-order valence-electron chi connectivity index (χ2n) is 4.51. The Kier molecular flexibility index (Phi) is 3.12. The van der Waals surface area contributed by atoms with E-state index in [9.17, 15) is 10.1 Å². The molecule has 1 atom stereocenters. The van der Waals surface area contributed by atoms with Crippen molar-refractivity contribution >= 4 is 17.2 Å². The molecule has 0 saturated carbocycles.